The quantitative estimate of drug-likeness (QED) is 0.686. The van der Waals surface area contributed by atoms with E-state index < -0.39 is 5.97 Å². The predicted molar refractivity (Wildman–Crippen MR) is 40.7 cm³/mol. The fourth-order valence-electron chi connectivity index (χ4n) is 0.488. The van der Waals surface area contributed by atoms with Crippen molar-refractivity contribution in [2.45, 2.75) is 0 Å². The lowest BCUT2D eigenvalue weighted by atomic mass is 10.5. The van der Waals surface area contributed by atoms with Gasteiger partial charge in [0.1, 0.15) is 9.88 Å². The van der Waals surface area contributed by atoms with Gasteiger partial charge in [0, 0.05) is 0 Å². The first kappa shape index (κ1) is 7.37. The lowest BCUT2D eigenvalue weighted by molar-refractivity contribution is 0.0702. The topological polar surface area (TPSA) is 63.3 Å². The summed E-state index contributed by atoms with van der Waals surface area (Å²) < 4.78 is 0. The van der Waals surface area contributed by atoms with Crippen molar-refractivity contribution in [2.24, 2.45) is 0 Å². The van der Waals surface area contributed by atoms with Gasteiger partial charge in [-0.05, 0) is 6.07 Å². The Morgan fingerprint density at radius 3 is 2.60 bits per heavy atom. The molecular formula is C5H4ClNO2S. The lowest BCUT2D eigenvalue weighted by Crippen LogP contribution is -1.89. The highest BCUT2D eigenvalue weighted by atomic mass is 35.5. The standard InChI is InChI=1S/C5H4ClNO2S/c6-2-1-3(5(8)9)10-4(2)7/h1H,7H2,(H,8,9). The minimum atomic E-state index is -0.997. The third-order valence-corrected chi connectivity index (χ3v) is 2.30. The van der Waals surface area contributed by atoms with Crippen molar-refractivity contribution in [3.63, 3.8) is 0 Å². The first-order chi connectivity index (χ1) is 4.61. The average Bonchev–Trinajstić information content (AvgIpc) is 2.13. The van der Waals surface area contributed by atoms with Crippen molar-refractivity contribution in [3.8, 4) is 0 Å². The summed E-state index contributed by atoms with van der Waals surface area (Å²) in [5.41, 5.74) is 5.30. The molecule has 0 atom stereocenters. The van der Waals surface area contributed by atoms with E-state index in [-0.39, 0.29) is 4.88 Å². The molecule has 0 bridgehead atoms. The number of rotatable bonds is 1. The van der Waals surface area contributed by atoms with Crippen LogP contribution in [0.1, 0.15) is 9.67 Å². The van der Waals surface area contributed by atoms with Gasteiger partial charge < -0.3 is 10.8 Å². The van der Waals surface area contributed by atoms with Crippen LogP contribution in [-0.4, -0.2) is 11.1 Å². The van der Waals surface area contributed by atoms with Gasteiger partial charge in [0.05, 0.1) is 5.02 Å². The zero-order valence-electron chi connectivity index (χ0n) is 4.80. The van der Waals surface area contributed by atoms with Gasteiger partial charge in [-0.15, -0.1) is 11.3 Å². The number of nitrogens with two attached hydrogens (primary N) is 1. The number of carboxylic acids is 1. The van der Waals surface area contributed by atoms with E-state index in [9.17, 15) is 4.79 Å². The minimum absolute atomic E-state index is 0.169. The maximum absolute atomic E-state index is 10.3. The van der Waals surface area contributed by atoms with Gasteiger partial charge in [-0.1, -0.05) is 11.6 Å². The lowest BCUT2D eigenvalue weighted by Gasteiger charge is -1.80. The van der Waals surface area contributed by atoms with E-state index in [0.717, 1.165) is 11.3 Å². The molecule has 10 heavy (non-hydrogen) atoms. The second kappa shape index (κ2) is 2.48. The van der Waals surface area contributed by atoms with E-state index in [4.69, 9.17) is 22.4 Å². The number of nitrogen functional groups attached to an aromatic ring is 1. The highest BCUT2D eigenvalue weighted by Crippen LogP contribution is 2.28. The van der Waals surface area contributed by atoms with Crippen LogP contribution in [0.15, 0.2) is 6.07 Å². The molecule has 1 aromatic rings. The molecule has 0 amide bonds. The maximum Gasteiger partial charge on any atom is 0.345 e. The second-order valence-corrected chi connectivity index (χ2v) is 3.12. The molecule has 5 heteroatoms. The molecule has 0 aliphatic carbocycles. The third kappa shape index (κ3) is 1.22. The highest BCUT2D eigenvalue weighted by Gasteiger charge is 2.08. The molecule has 0 saturated heterocycles. The molecule has 54 valence electrons. The van der Waals surface area contributed by atoms with Crippen LogP contribution in [0, 0.1) is 0 Å². The summed E-state index contributed by atoms with van der Waals surface area (Å²) in [6, 6.07) is 1.34. The molecule has 0 aromatic carbocycles. The Morgan fingerprint density at radius 2 is 2.40 bits per heavy atom. The van der Waals surface area contributed by atoms with E-state index in [0.29, 0.717) is 10.0 Å². The molecule has 0 saturated carbocycles. The van der Waals surface area contributed by atoms with Crippen molar-refractivity contribution in [2.75, 3.05) is 5.73 Å². The molecule has 1 aromatic heterocycles. The zero-order valence-corrected chi connectivity index (χ0v) is 6.37. The third-order valence-electron chi connectivity index (χ3n) is 0.924. The predicted octanol–water partition coefficient (Wildman–Crippen LogP) is 1.68. The van der Waals surface area contributed by atoms with Crippen LogP contribution in [0.5, 0.6) is 0 Å². The zero-order chi connectivity index (χ0) is 7.72. The Bertz CT molecular complexity index is 251. The fourth-order valence-corrected chi connectivity index (χ4v) is 1.44. The molecule has 0 unspecified atom stereocenters. The summed E-state index contributed by atoms with van der Waals surface area (Å²) in [6.45, 7) is 0. The summed E-state index contributed by atoms with van der Waals surface area (Å²) in [4.78, 5) is 10.4. The van der Waals surface area contributed by atoms with Crippen molar-refractivity contribution < 1.29 is 9.90 Å². The summed E-state index contributed by atoms with van der Waals surface area (Å²) in [5.74, 6) is -0.997. The number of thiophene rings is 1. The molecule has 0 spiro atoms. The molecule has 0 fully saturated rings. The molecule has 0 radical (unpaired) electrons. The largest absolute Gasteiger partial charge is 0.477 e. The van der Waals surface area contributed by atoms with Crippen LogP contribution in [-0.2, 0) is 0 Å². The maximum atomic E-state index is 10.3. The summed E-state index contributed by atoms with van der Waals surface area (Å²) >= 11 is 6.46. The fraction of sp³-hybridized carbons (Fsp3) is 0. The van der Waals surface area contributed by atoms with Gasteiger partial charge in [-0.2, -0.15) is 0 Å². The van der Waals surface area contributed by atoms with Gasteiger partial charge >= 0.3 is 5.97 Å². The van der Waals surface area contributed by atoms with E-state index in [1.54, 1.807) is 0 Å². The van der Waals surface area contributed by atoms with Crippen molar-refractivity contribution in [1.82, 2.24) is 0 Å². The summed E-state index contributed by atoms with van der Waals surface area (Å²) in [6.07, 6.45) is 0. The molecule has 1 heterocycles. The van der Waals surface area contributed by atoms with Gasteiger partial charge in [-0.3, -0.25) is 0 Å². The Balaban J connectivity index is 3.10. The monoisotopic (exact) mass is 177 g/mol. The number of carboxylic acid groups (broad SMARTS) is 1. The number of carbonyl (C=O) groups is 1. The molecule has 0 aliphatic heterocycles. The van der Waals surface area contributed by atoms with Crippen LogP contribution in [0.4, 0.5) is 5.00 Å². The van der Waals surface area contributed by atoms with E-state index in [2.05, 4.69) is 0 Å². The average molecular weight is 178 g/mol. The summed E-state index contributed by atoms with van der Waals surface area (Å²) in [7, 11) is 0. The Hall–Kier alpha value is -0.740. The van der Waals surface area contributed by atoms with Crippen molar-refractivity contribution >= 4 is 33.9 Å². The first-order valence-corrected chi connectivity index (χ1v) is 3.59. The Labute approximate surface area is 66.0 Å². The van der Waals surface area contributed by atoms with E-state index >= 15 is 0 Å². The summed E-state index contributed by atoms with van der Waals surface area (Å²) in [5, 5.41) is 9.07. The second-order valence-electron chi connectivity index (χ2n) is 1.63. The number of halogens is 1. The minimum Gasteiger partial charge on any atom is -0.477 e. The van der Waals surface area contributed by atoms with Gasteiger partial charge in [-0.25, -0.2) is 4.79 Å². The van der Waals surface area contributed by atoms with Gasteiger partial charge in [0.2, 0.25) is 0 Å². The van der Waals surface area contributed by atoms with Crippen LogP contribution in [0.25, 0.3) is 0 Å². The van der Waals surface area contributed by atoms with Crippen molar-refractivity contribution in [1.29, 1.82) is 0 Å². The SMILES string of the molecule is Nc1sc(C(=O)O)cc1Cl. The normalized spacial score (nSPS) is 9.70. The van der Waals surface area contributed by atoms with Crippen LogP contribution in [0.2, 0.25) is 5.02 Å². The molecular weight excluding hydrogens is 174 g/mol. The number of aromatic carboxylic acids is 1. The number of hydrogen-bond acceptors (Lipinski definition) is 3. The number of anilines is 1. The van der Waals surface area contributed by atoms with Crippen LogP contribution >= 0.6 is 22.9 Å². The van der Waals surface area contributed by atoms with E-state index in [1.165, 1.54) is 6.07 Å². The Morgan fingerprint density at radius 1 is 1.80 bits per heavy atom. The number of hydrogen-bond donors (Lipinski definition) is 2. The van der Waals surface area contributed by atoms with Crippen molar-refractivity contribution in [3.05, 3.63) is 16.0 Å². The highest BCUT2D eigenvalue weighted by molar-refractivity contribution is 7.18. The van der Waals surface area contributed by atoms with Crippen LogP contribution < -0.4 is 5.73 Å². The molecule has 0 aliphatic rings. The van der Waals surface area contributed by atoms with Crippen LogP contribution in [0.3, 0.4) is 0 Å². The Kier molecular flexibility index (Phi) is 1.82. The van der Waals surface area contributed by atoms with E-state index in [1.807, 2.05) is 0 Å². The smallest absolute Gasteiger partial charge is 0.345 e. The first-order valence-electron chi connectivity index (χ1n) is 2.39. The molecule has 3 nitrogen and oxygen atoms in total. The van der Waals surface area contributed by atoms with Gasteiger partial charge in [0.15, 0.2) is 0 Å². The molecule has 1 rings (SSSR count). The molecule has 3 N–H and O–H groups in total. The van der Waals surface area contributed by atoms with Gasteiger partial charge in [0.25, 0.3) is 0 Å².